The Morgan fingerprint density at radius 3 is 2.56 bits per heavy atom. The summed E-state index contributed by atoms with van der Waals surface area (Å²) in [5.41, 5.74) is 0.966. The van der Waals surface area contributed by atoms with Crippen molar-refractivity contribution in [2.75, 3.05) is 7.11 Å². The molecule has 0 radical (unpaired) electrons. The topological polar surface area (TPSA) is 73.2 Å². The van der Waals surface area contributed by atoms with Gasteiger partial charge in [-0.2, -0.15) is 5.10 Å². The second-order valence-electron chi connectivity index (χ2n) is 6.27. The van der Waals surface area contributed by atoms with Crippen molar-refractivity contribution in [3.05, 3.63) is 70.1 Å². The van der Waals surface area contributed by atoms with E-state index < -0.39 is 0 Å². The van der Waals surface area contributed by atoms with Crippen molar-refractivity contribution in [1.82, 2.24) is 15.1 Å². The first-order chi connectivity index (χ1) is 13.2. The Bertz CT molecular complexity index is 1010. The average Bonchev–Trinajstić information content (AvgIpc) is 2.72. The van der Waals surface area contributed by atoms with Crippen molar-refractivity contribution >= 4 is 16.7 Å². The van der Waals surface area contributed by atoms with Crippen LogP contribution >= 0.6 is 0 Å². The molecule has 0 bridgehead atoms. The lowest BCUT2D eigenvalue weighted by Gasteiger charge is -2.12. The molecule has 6 nitrogen and oxygen atoms in total. The Balaban J connectivity index is 1.93. The maximum atomic E-state index is 12.8. The van der Waals surface area contributed by atoms with E-state index in [2.05, 4.69) is 10.4 Å². The molecule has 27 heavy (non-hydrogen) atoms. The average molecular weight is 365 g/mol. The number of amides is 1. The van der Waals surface area contributed by atoms with Crippen LogP contribution in [0.3, 0.4) is 0 Å². The van der Waals surface area contributed by atoms with Crippen LogP contribution in [0.2, 0.25) is 0 Å². The number of nitrogens with one attached hydrogen (secondary N) is 1. The summed E-state index contributed by atoms with van der Waals surface area (Å²) in [5, 5.41) is 8.31. The summed E-state index contributed by atoms with van der Waals surface area (Å²) in [6, 6.07) is 14.6. The molecule has 3 aromatic rings. The van der Waals surface area contributed by atoms with Gasteiger partial charge in [-0.25, -0.2) is 4.68 Å². The number of methoxy groups -OCH3 is 1. The van der Waals surface area contributed by atoms with Crippen LogP contribution in [-0.4, -0.2) is 22.8 Å². The van der Waals surface area contributed by atoms with Gasteiger partial charge in [0, 0.05) is 24.0 Å². The van der Waals surface area contributed by atoms with E-state index >= 15 is 0 Å². The third-order valence-corrected chi connectivity index (χ3v) is 4.44. The lowest BCUT2D eigenvalue weighted by molar-refractivity contribution is 0.0945. The number of fused-ring (bicyclic) bond motifs is 1. The molecule has 1 aromatic heterocycles. The van der Waals surface area contributed by atoms with Crippen molar-refractivity contribution in [3.63, 3.8) is 0 Å². The molecular weight excluding hydrogens is 342 g/mol. The second-order valence-corrected chi connectivity index (χ2v) is 6.27. The highest BCUT2D eigenvalue weighted by molar-refractivity contribution is 6.04. The molecule has 0 aliphatic rings. The van der Waals surface area contributed by atoms with Gasteiger partial charge in [0.2, 0.25) is 0 Å². The number of carbonyl (C=O) groups is 1. The molecule has 0 saturated carbocycles. The second kappa shape index (κ2) is 8.49. The number of carbonyl (C=O) groups excluding carboxylic acids is 1. The molecule has 0 spiro atoms. The van der Waals surface area contributed by atoms with Crippen molar-refractivity contribution in [1.29, 1.82) is 0 Å². The molecule has 3 rings (SSSR count). The van der Waals surface area contributed by atoms with Crippen LogP contribution in [0.1, 0.15) is 35.8 Å². The molecule has 1 N–H and O–H groups in total. The van der Waals surface area contributed by atoms with Gasteiger partial charge >= 0.3 is 0 Å². The number of aromatic nitrogens is 2. The Morgan fingerprint density at radius 2 is 1.81 bits per heavy atom. The van der Waals surface area contributed by atoms with Crippen LogP contribution in [-0.2, 0) is 13.1 Å². The van der Waals surface area contributed by atoms with E-state index in [4.69, 9.17) is 4.74 Å². The Labute approximate surface area is 157 Å². The molecule has 1 amide bonds. The van der Waals surface area contributed by atoms with Crippen molar-refractivity contribution in [3.8, 4) is 5.75 Å². The minimum absolute atomic E-state index is 0.166. The molecular formula is C21H23N3O3. The molecule has 1 heterocycles. The number of benzene rings is 2. The predicted octanol–water partition coefficient (Wildman–Crippen LogP) is 3.14. The zero-order chi connectivity index (χ0) is 19.2. The summed E-state index contributed by atoms with van der Waals surface area (Å²) in [4.78, 5) is 25.5. The highest BCUT2D eigenvalue weighted by atomic mass is 16.5. The maximum absolute atomic E-state index is 12.8. The van der Waals surface area contributed by atoms with Gasteiger partial charge in [-0.15, -0.1) is 0 Å². The maximum Gasteiger partial charge on any atom is 0.274 e. The minimum Gasteiger partial charge on any atom is -0.496 e. The fourth-order valence-corrected chi connectivity index (χ4v) is 2.97. The quantitative estimate of drug-likeness (QED) is 0.698. The summed E-state index contributed by atoms with van der Waals surface area (Å²) in [6.07, 6.45) is 1.77. The van der Waals surface area contributed by atoms with Gasteiger partial charge in [0.1, 0.15) is 5.75 Å². The first kappa shape index (κ1) is 18.6. The number of nitrogens with zero attached hydrogens (tertiary/aromatic N) is 2. The first-order valence-corrected chi connectivity index (χ1v) is 9.05. The molecule has 0 aliphatic carbocycles. The zero-order valence-corrected chi connectivity index (χ0v) is 15.6. The normalized spacial score (nSPS) is 10.7. The van der Waals surface area contributed by atoms with Crippen LogP contribution < -0.4 is 15.6 Å². The molecule has 0 saturated heterocycles. The third-order valence-electron chi connectivity index (χ3n) is 4.44. The summed E-state index contributed by atoms with van der Waals surface area (Å²) < 4.78 is 6.71. The standard InChI is InChI=1S/C21H23N3O3/c1-3-4-13-24-21(26)17-11-7-6-10-16(17)19(23-24)20(25)22-14-15-9-5-8-12-18(15)27-2/h5-12H,3-4,13-14H2,1-2H3,(H,22,25). The SMILES string of the molecule is CCCCn1nc(C(=O)NCc2ccccc2OC)c2ccccc2c1=O. The van der Waals surface area contributed by atoms with E-state index in [0.29, 0.717) is 29.6 Å². The lowest BCUT2D eigenvalue weighted by atomic mass is 10.1. The van der Waals surface area contributed by atoms with Gasteiger partial charge in [-0.1, -0.05) is 49.7 Å². The third kappa shape index (κ3) is 4.00. The number of unbranched alkanes of at least 4 members (excludes halogenated alkanes) is 1. The number of rotatable bonds is 7. The minimum atomic E-state index is -0.317. The van der Waals surface area contributed by atoms with E-state index in [-0.39, 0.29) is 17.2 Å². The monoisotopic (exact) mass is 365 g/mol. The van der Waals surface area contributed by atoms with Crippen LogP contribution in [0.15, 0.2) is 53.3 Å². The van der Waals surface area contributed by atoms with E-state index in [0.717, 1.165) is 18.4 Å². The predicted molar refractivity (Wildman–Crippen MR) is 105 cm³/mol. The first-order valence-electron chi connectivity index (χ1n) is 9.05. The van der Waals surface area contributed by atoms with Crippen LogP contribution in [0, 0.1) is 0 Å². The summed E-state index contributed by atoms with van der Waals surface area (Å²) in [7, 11) is 1.60. The van der Waals surface area contributed by atoms with Crippen LogP contribution in [0.25, 0.3) is 10.8 Å². The van der Waals surface area contributed by atoms with E-state index in [1.807, 2.05) is 31.2 Å². The van der Waals surface area contributed by atoms with Crippen molar-refractivity contribution < 1.29 is 9.53 Å². The van der Waals surface area contributed by atoms with Gasteiger partial charge in [0.15, 0.2) is 5.69 Å². The van der Waals surface area contributed by atoms with Crippen LogP contribution in [0.5, 0.6) is 5.75 Å². The molecule has 0 unspecified atom stereocenters. The van der Waals surface area contributed by atoms with E-state index in [1.54, 1.807) is 31.4 Å². The summed E-state index contributed by atoms with van der Waals surface area (Å²) >= 11 is 0. The van der Waals surface area contributed by atoms with Gasteiger partial charge < -0.3 is 10.1 Å². The molecule has 0 aliphatic heterocycles. The largest absolute Gasteiger partial charge is 0.496 e. The zero-order valence-electron chi connectivity index (χ0n) is 15.6. The lowest BCUT2D eigenvalue weighted by Crippen LogP contribution is -2.30. The molecule has 140 valence electrons. The Morgan fingerprint density at radius 1 is 1.11 bits per heavy atom. The molecule has 2 aromatic carbocycles. The number of para-hydroxylation sites is 1. The molecule has 0 fully saturated rings. The van der Waals surface area contributed by atoms with Gasteiger partial charge in [0.05, 0.1) is 12.5 Å². The van der Waals surface area contributed by atoms with E-state index in [1.165, 1.54) is 4.68 Å². The molecule has 0 atom stereocenters. The Kier molecular flexibility index (Phi) is 5.86. The van der Waals surface area contributed by atoms with Crippen molar-refractivity contribution in [2.24, 2.45) is 0 Å². The number of aryl methyl sites for hydroxylation is 1. The summed E-state index contributed by atoms with van der Waals surface area (Å²) in [5.74, 6) is 0.394. The van der Waals surface area contributed by atoms with Crippen LogP contribution in [0.4, 0.5) is 0 Å². The number of ether oxygens (including phenoxy) is 1. The molecule has 6 heteroatoms. The Hall–Kier alpha value is -3.15. The highest BCUT2D eigenvalue weighted by Gasteiger charge is 2.16. The number of hydrogen-bond donors (Lipinski definition) is 1. The van der Waals surface area contributed by atoms with Gasteiger partial charge in [0.25, 0.3) is 11.5 Å². The fraction of sp³-hybridized carbons (Fsp3) is 0.286. The summed E-state index contributed by atoms with van der Waals surface area (Å²) in [6.45, 7) is 2.85. The number of hydrogen-bond acceptors (Lipinski definition) is 4. The van der Waals surface area contributed by atoms with Gasteiger partial charge in [-0.3, -0.25) is 9.59 Å². The highest BCUT2D eigenvalue weighted by Crippen LogP contribution is 2.18. The fourth-order valence-electron chi connectivity index (χ4n) is 2.97. The van der Waals surface area contributed by atoms with Crippen molar-refractivity contribution in [2.45, 2.75) is 32.9 Å². The smallest absolute Gasteiger partial charge is 0.274 e. The van der Waals surface area contributed by atoms with E-state index in [9.17, 15) is 9.59 Å². The van der Waals surface area contributed by atoms with Gasteiger partial charge in [-0.05, 0) is 18.6 Å².